The molecule has 1 fully saturated rings. The first-order valence-electron chi connectivity index (χ1n) is 9.06. The summed E-state index contributed by atoms with van der Waals surface area (Å²) < 4.78 is 1.92. The number of hydrogen-bond acceptors (Lipinski definition) is 3. The SMILES string of the molecule is Cn1ccnc1C(O)C1CCN(Cc2cccc3ccccc23)CC1. The highest BCUT2D eigenvalue weighted by atomic mass is 16.3. The Bertz CT molecular complexity index is 844. The van der Waals surface area contributed by atoms with E-state index in [-0.39, 0.29) is 0 Å². The van der Waals surface area contributed by atoms with Crippen molar-refractivity contribution in [2.24, 2.45) is 13.0 Å². The molecular weight excluding hydrogens is 310 g/mol. The molecule has 130 valence electrons. The highest BCUT2D eigenvalue weighted by Crippen LogP contribution is 2.30. The second kappa shape index (κ2) is 6.98. The lowest BCUT2D eigenvalue weighted by molar-refractivity contribution is 0.0493. The van der Waals surface area contributed by atoms with E-state index in [2.05, 4.69) is 52.3 Å². The zero-order chi connectivity index (χ0) is 17.2. The number of aromatic nitrogens is 2. The highest BCUT2D eigenvalue weighted by Gasteiger charge is 2.28. The Kier molecular flexibility index (Phi) is 4.55. The Morgan fingerprint density at radius 3 is 2.64 bits per heavy atom. The van der Waals surface area contributed by atoms with Crippen molar-refractivity contribution in [2.45, 2.75) is 25.5 Å². The topological polar surface area (TPSA) is 41.3 Å². The maximum atomic E-state index is 10.6. The molecular formula is C21H25N3O. The van der Waals surface area contributed by atoms with Gasteiger partial charge in [-0.2, -0.15) is 0 Å². The van der Waals surface area contributed by atoms with Crippen LogP contribution in [0.3, 0.4) is 0 Å². The molecule has 1 unspecified atom stereocenters. The number of likely N-dealkylation sites (tertiary alicyclic amines) is 1. The van der Waals surface area contributed by atoms with Gasteiger partial charge in [-0.15, -0.1) is 0 Å². The lowest BCUT2D eigenvalue weighted by Gasteiger charge is -2.34. The van der Waals surface area contributed by atoms with Gasteiger partial charge in [-0.05, 0) is 48.2 Å². The first kappa shape index (κ1) is 16.3. The van der Waals surface area contributed by atoms with Gasteiger partial charge in [-0.3, -0.25) is 4.90 Å². The van der Waals surface area contributed by atoms with Crippen molar-refractivity contribution >= 4 is 10.8 Å². The number of aliphatic hydroxyl groups is 1. The summed E-state index contributed by atoms with van der Waals surface area (Å²) in [5.74, 6) is 1.08. The number of aliphatic hydroxyl groups excluding tert-OH is 1. The van der Waals surface area contributed by atoms with E-state index in [1.54, 1.807) is 6.20 Å². The first-order valence-corrected chi connectivity index (χ1v) is 9.06. The van der Waals surface area contributed by atoms with Crippen molar-refractivity contribution in [3.05, 3.63) is 66.2 Å². The molecule has 1 aliphatic heterocycles. The molecule has 2 aromatic carbocycles. The third-order valence-corrected chi connectivity index (χ3v) is 5.48. The second-order valence-electron chi connectivity index (χ2n) is 7.09. The molecule has 0 bridgehead atoms. The van der Waals surface area contributed by atoms with Crippen LogP contribution in [0.1, 0.15) is 30.3 Å². The van der Waals surface area contributed by atoms with E-state index < -0.39 is 6.10 Å². The van der Waals surface area contributed by atoms with E-state index >= 15 is 0 Å². The Balaban J connectivity index is 1.41. The van der Waals surface area contributed by atoms with Crippen molar-refractivity contribution in [1.82, 2.24) is 14.5 Å². The van der Waals surface area contributed by atoms with Crippen molar-refractivity contribution in [3.8, 4) is 0 Å². The van der Waals surface area contributed by atoms with Gasteiger partial charge in [0.1, 0.15) is 11.9 Å². The summed E-state index contributed by atoms with van der Waals surface area (Å²) in [6.45, 7) is 3.03. The summed E-state index contributed by atoms with van der Waals surface area (Å²) in [4.78, 5) is 6.81. The van der Waals surface area contributed by atoms with Gasteiger partial charge in [0.25, 0.3) is 0 Å². The zero-order valence-corrected chi connectivity index (χ0v) is 14.7. The highest BCUT2D eigenvalue weighted by molar-refractivity contribution is 5.85. The smallest absolute Gasteiger partial charge is 0.137 e. The average Bonchev–Trinajstić information content (AvgIpc) is 3.08. The molecule has 25 heavy (non-hydrogen) atoms. The van der Waals surface area contributed by atoms with Crippen LogP contribution >= 0.6 is 0 Å². The largest absolute Gasteiger partial charge is 0.385 e. The minimum Gasteiger partial charge on any atom is -0.385 e. The maximum absolute atomic E-state index is 10.6. The van der Waals surface area contributed by atoms with Crippen LogP contribution in [0.4, 0.5) is 0 Å². The Hall–Kier alpha value is -2.17. The van der Waals surface area contributed by atoms with Crippen molar-refractivity contribution in [1.29, 1.82) is 0 Å². The third-order valence-electron chi connectivity index (χ3n) is 5.48. The van der Waals surface area contributed by atoms with Gasteiger partial charge < -0.3 is 9.67 Å². The summed E-state index contributed by atoms with van der Waals surface area (Å²) >= 11 is 0. The fraction of sp³-hybridized carbons (Fsp3) is 0.381. The van der Waals surface area contributed by atoms with Crippen molar-refractivity contribution < 1.29 is 5.11 Å². The minimum absolute atomic E-state index is 0.296. The summed E-state index contributed by atoms with van der Waals surface area (Å²) in [6, 6.07) is 15.1. The monoisotopic (exact) mass is 335 g/mol. The minimum atomic E-state index is -0.459. The normalized spacial score (nSPS) is 17.8. The van der Waals surface area contributed by atoms with E-state index in [1.807, 2.05) is 17.8 Å². The van der Waals surface area contributed by atoms with Crippen LogP contribution in [-0.4, -0.2) is 32.6 Å². The number of rotatable bonds is 4. The Labute approximate surface area is 148 Å². The summed E-state index contributed by atoms with van der Waals surface area (Å²) in [5.41, 5.74) is 1.39. The fourth-order valence-corrected chi connectivity index (χ4v) is 3.97. The summed E-state index contributed by atoms with van der Waals surface area (Å²) in [5, 5.41) is 13.3. The molecule has 0 aliphatic carbocycles. The molecule has 0 amide bonds. The van der Waals surface area contributed by atoms with E-state index in [9.17, 15) is 5.11 Å². The van der Waals surface area contributed by atoms with Gasteiger partial charge >= 0.3 is 0 Å². The predicted octanol–water partition coefficient (Wildman–Crippen LogP) is 3.52. The molecule has 4 nitrogen and oxygen atoms in total. The lowest BCUT2D eigenvalue weighted by atomic mass is 9.90. The van der Waals surface area contributed by atoms with E-state index in [0.717, 1.165) is 38.3 Å². The number of aryl methyl sites for hydroxylation is 1. The quantitative estimate of drug-likeness (QED) is 0.793. The van der Waals surface area contributed by atoms with Gasteiger partial charge in [0.2, 0.25) is 0 Å². The predicted molar refractivity (Wildman–Crippen MR) is 100 cm³/mol. The summed E-state index contributed by atoms with van der Waals surface area (Å²) in [7, 11) is 1.95. The molecule has 1 N–H and O–H groups in total. The van der Waals surface area contributed by atoms with Crippen molar-refractivity contribution in [2.75, 3.05) is 13.1 Å². The molecule has 1 aliphatic rings. The number of imidazole rings is 1. The molecule has 1 aromatic heterocycles. The molecule has 1 atom stereocenters. The second-order valence-corrected chi connectivity index (χ2v) is 7.09. The van der Waals surface area contributed by atoms with Gasteiger partial charge in [-0.25, -0.2) is 4.98 Å². The zero-order valence-electron chi connectivity index (χ0n) is 14.7. The number of hydrogen-bond donors (Lipinski definition) is 1. The van der Waals surface area contributed by atoms with Crippen LogP contribution in [0.2, 0.25) is 0 Å². The standard InChI is InChI=1S/C21H25N3O/c1-23-14-11-22-21(23)20(25)17-9-12-24(13-10-17)15-18-7-4-6-16-5-2-3-8-19(16)18/h2-8,11,14,17,20,25H,9-10,12-13,15H2,1H3. The van der Waals surface area contributed by atoms with Crippen LogP contribution in [0, 0.1) is 5.92 Å². The number of fused-ring (bicyclic) bond motifs is 1. The Morgan fingerprint density at radius 1 is 1.12 bits per heavy atom. The average molecular weight is 335 g/mol. The lowest BCUT2D eigenvalue weighted by Crippen LogP contribution is -2.35. The van der Waals surface area contributed by atoms with E-state index in [1.165, 1.54) is 16.3 Å². The van der Waals surface area contributed by atoms with Crippen LogP contribution in [0.5, 0.6) is 0 Å². The molecule has 0 saturated carbocycles. The molecule has 4 rings (SSSR count). The van der Waals surface area contributed by atoms with Crippen LogP contribution in [-0.2, 0) is 13.6 Å². The molecule has 0 spiro atoms. The van der Waals surface area contributed by atoms with Gasteiger partial charge in [0.05, 0.1) is 0 Å². The molecule has 0 radical (unpaired) electrons. The molecule has 4 heteroatoms. The number of nitrogens with zero attached hydrogens (tertiary/aromatic N) is 3. The van der Waals surface area contributed by atoms with Crippen LogP contribution < -0.4 is 0 Å². The van der Waals surface area contributed by atoms with E-state index in [0.29, 0.717) is 5.92 Å². The van der Waals surface area contributed by atoms with Gasteiger partial charge in [0, 0.05) is 26.0 Å². The first-order chi connectivity index (χ1) is 12.2. The fourth-order valence-electron chi connectivity index (χ4n) is 3.97. The van der Waals surface area contributed by atoms with Crippen LogP contribution in [0.15, 0.2) is 54.9 Å². The van der Waals surface area contributed by atoms with Crippen LogP contribution in [0.25, 0.3) is 10.8 Å². The number of piperidine rings is 1. The molecule has 1 saturated heterocycles. The van der Waals surface area contributed by atoms with E-state index in [4.69, 9.17) is 0 Å². The maximum Gasteiger partial charge on any atom is 0.137 e. The third kappa shape index (κ3) is 3.32. The summed E-state index contributed by atoms with van der Waals surface area (Å²) in [6.07, 6.45) is 5.22. The number of benzene rings is 2. The van der Waals surface area contributed by atoms with Gasteiger partial charge in [0.15, 0.2) is 0 Å². The Morgan fingerprint density at radius 2 is 1.88 bits per heavy atom. The molecule has 2 heterocycles. The van der Waals surface area contributed by atoms with Crippen molar-refractivity contribution in [3.63, 3.8) is 0 Å². The molecule has 3 aromatic rings. The van der Waals surface area contributed by atoms with Gasteiger partial charge in [-0.1, -0.05) is 42.5 Å².